The number of rotatable bonds is 6. The molecule has 1 atom stereocenters. The van der Waals surface area contributed by atoms with E-state index in [2.05, 4.69) is 13.0 Å². The largest absolute Gasteiger partial charge is 0.491 e. The van der Waals surface area contributed by atoms with E-state index in [0.717, 1.165) is 37.9 Å². The highest BCUT2D eigenvalue weighted by atomic mass is 16.5. The Morgan fingerprint density at radius 3 is 2.67 bits per heavy atom. The maximum atomic E-state index is 14.0. The number of amides is 2. The van der Waals surface area contributed by atoms with Crippen molar-refractivity contribution in [3.8, 4) is 11.5 Å². The molecule has 2 aliphatic rings. The molecule has 0 aromatic heterocycles. The van der Waals surface area contributed by atoms with Crippen LogP contribution < -0.4 is 9.47 Å². The van der Waals surface area contributed by atoms with Crippen LogP contribution in [-0.4, -0.2) is 73.2 Å². The zero-order chi connectivity index (χ0) is 25.2. The Balaban J connectivity index is 1.50. The van der Waals surface area contributed by atoms with Crippen molar-refractivity contribution in [2.75, 3.05) is 46.0 Å². The molecule has 1 fully saturated rings. The van der Waals surface area contributed by atoms with Crippen LogP contribution in [0.3, 0.4) is 0 Å². The van der Waals surface area contributed by atoms with Crippen molar-refractivity contribution in [3.05, 3.63) is 60.2 Å². The van der Waals surface area contributed by atoms with Crippen molar-refractivity contribution in [3.63, 3.8) is 0 Å². The number of ether oxygens (including phenoxy) is 3. The van der Waals surface area contributed by atoms with E-state index in [1.165, 1.54) is 5.56 Å². The number of benzene rings is 2. The summed E-state index contributed by atoms with van der Waals surface area (Å²) in [6.45, 7) is 4.67. The second-order valence-electron chi connectivity index (χ2n) is 9.57. The molecule has 2 aliphatic heterocycles. The fraction of sp³-hybridized carbons (Fsp3) is 0.517. The third kappa shape index (κ3) is 6.58. The first-order chi connectivity index (χ1) is 17.6. The highest BCUT2D eigenvalue weighted by Crippen LogP contribution is 2.30. The highest BCUT2D eigenvalue weighted by molar-refractivity contribution is 5.87. The molecular weight excluding hydrogens is 456 g/mol. The quantitative estimate of drug-likeness (QED) is 0.605. The maximum absolute atomic E-state index is 14.0. The predicted molar refractivity (Wildman–Crippen MR) is 138 cm³/mol. The summed E-state index contributed by atoms with van der Waals surface area (Å²) in [6, 6.07) is 17.5. The van der Waals surface area contributed by atoms with Gasteiger partial charge in [0.1, 0.15) is 18.1 Å². The lowest BCUT2D eigenvalue weighted by molar-refractivity contribution is -0.177. The van der Waals surface area contributed by atoms with Gasteiger partial charge >= 0.3 is 0 Å². The Kier molecular flexibility index (Phi) is 9.23. The lowest BCUT2D eigenvalue weighted by Gasteiger charge is -2.44. The average molecular weight is 495 g/mol. The summed E-state index contributed by atoms with van der Waals surface area (Å²) < 4.78 is 18.1. The molecular formula is C29H38N2O5. The fourth-order valence-electron chi connectivity index (χ4n) is 4.93. The molecule has 1 saturated heterocycles. The Labute approximate surface area is 214 Å². The smallest absolute Gasteiger partial charge is 0.260 e. The average Bonchev–Trinajstić information content (AvgIpc) is 2.92. The number of para-hydroxylation sites is 2. The Morgan fingerprint density at radius 2 is 1.83 bits per heavy atom. The molecule has 2 aromatic rings. The number of nitrogens with zero attached hydrogens (tertiary/aromatic N) is 2. The third-order valence-corrected chi connectivity index (χ3v) is 6.97. The lowest BCUT2D eigenvalue weighted by Crippen LogP contribution is -2.62. The molecule has 0 aliphatic carbocycles. The summed E-state index contributed by atoms with van der Waals surface area (Å²) in [5.74, 6) is 1.40. The topological polar surface area (TPSA) is 68.3 Å². The number of unbranched alkanes of at least 4 members (excludes halogenated alkanes) is 1. The van der Waals surface area contributed by atoms with Crippen molar-refractivity contribution in [1.29, 1.82) is 0 Å². The number of hydrogen-bond acceptors (Lipinski definition) is 5. The Hall–Kier alpha value is -3.06. The first kappa shape index (κ1) is 26.0. The van der Waals surface area contributed by atoms with E-state index in [0.29, 0.717) is 45.0 Å². The van der Waals surface area contributed by atoms with Crippen molar-refractivity contribution in [2.24, 2.45) is 0 Å². The van der Waals surface area contributed by atoms with E-state index in [1.54, 1.807) is 4.90 Å². The number of carbonyl (C=O) groups is 2. The van der Waals surface area contributed by atoms with Crippen molar-refractivity contribution in [2.45, 2.75) is 51.0 Å². The van der Waals surface area contributed by atoms with Crippen LogP contribution in [0.4, 0.5) is 0 Å². The minimum atomic E-state index is -1.03. The van der Waals surface area contributed by atoms with Crippen molar-refractivity contribution < 1.29 is 23.8 Å². The van der Waals surface area contributed by atoms with Gasteiger partial charge in [-0.05, 0) is 55.9 Å². The van der Waals surface area contributed by atoms with Gasteiger partial charge in [-0.3, -0.25) is 9.59 Å². The number of aryl methyl sites for hydroxylation is 1. The second-order valence-corrected chi connectivity index (χ2v) is 9.57. The Bertz CT molecular complexity index is 998. The second kappa shape index (κ2) is 12.8. The van der Waals surface area contributed by atoms with Gasteiger partial charge in [0, 0.05) is 13.1 Å². The monoisotopic (exact) mass is 494 g/mol. The van der Waals surface area contributed by atoms with Crippen LogP contribution in [0.1, 0.15) is 44.6 Å². The molecule has 0 radical (unpaired) electrons. The Morgan fingerprint density at radius 1 is 1.03 bits per heavy atom. The van der Waals surface area contributed by atoms with E-state index in [4.69, 9.17) is 14.2 Å². The summed E-state index contributed by atoms with van der Waals surface area (Å²) in [5.41, 5.74) is 0.158. The molecule has 2 aromatic carbocycles. The first-order valence-corrected chi connectivity index (χ1v) is 13.2. The summed E-state index contributed by atoms with van der Waals surface area (Å²) in [4.78, 5) is 30.7. The van der Waals surface area contributed by atoms with E-state index in [1.807, 2.05) is 53.4 Å². The van der Waals surface area contributed by atoms with Crippen LogP contribution in [0.25, 0.3) is 0 Å². The molecule has 1 unspecified atom stereocenters. The van der Waals surface area contributed by atoms with Crippen LogP contribution in [0.2, 0.25) is 0 Å². The number of morpholine rings is 1. The van der Waals surface area contributed by atoms with Crippen molar-refractivity contribution in [1.82, 2.24) is 9.80 Å². The van der Waals surface area contributed by atoms with Gasteiger partial charge in [0.25, 0.3) is 11.8 Å². The molecule has 7 nitrogen and oxygen atoms in total. The molecule has 1 spiro atoms. The van der Waals surface area contributed by atoms with Gasteiger partial charge in [-0.2, -0.15) is 0 Å². The van der Waals surface area contributed by atoms with E-state index < -0.39 is 5.60 Å². The van der Waals surface area contributed by atoms with Crippen LogP contribution in [0, 0.1) is 0 Å². The van der Waals surface area contributed by atoms with Crippen LogP contribution in [0.15, 0.2) is 54.6 Å². The van der Waals surface area contributed by atoms with Gasteiger partial charge in [-0.15, -0.1) is 0 Å². The van der Waals surface area contributed by atoms with Gasteiger partial charge in [0.05, 0.1) is 19.7 Å². The van der Waals surface area contributed by atoms with Gasteiger partial charge in [0.2, 0.25) is 0 Å². The third-order valence-electron chi connectivity index (χ3n) is 6.97. The molecule has 0 N–H and O–H groups in total. The molecule has 194 valence electrons. The predicted octanol–water partition coefficient (Wildman–Crippen LogP) is 4.10. The maximum Gasteiger partial charge on any atom is 0.260 e. The first-order valence-electron chi connectivity index (χ1n) is 13.2. The number of carbonyl (C=O) groups excluding carboxylic acids is 2. The minimum absolute atomic E-state index is 0.0325. The molecule has 7 heteroatoms. The lowest BCUT2D eigenvalue weighted by atomic mass is 9.90. The summed E-state index contributed by atoms with van der Waals surface area (Å²) in [6.07, 6.45) is 5.10. The molecule has 0 bridgehead atoms. The van der Waals surface area contributed by atoms with Gasteiger partial charge in [-0.25, -0.2) is 0 Å². The zero-order valence-electron chi connectivity index (χ0n) is 21.3. The van der Waals surface area contributed by atoms with E-state index in [9.17, 15) is 9.59 Å². The highest BCUT2D eigenvalue weighted by Gasteiger charge is 2.46. The molecule has 4 rings (SSSR count). The van der Waals surface area contributed by atoms with Crippen LogP contribution in [0.5, 0.6) is 11.5 Å². The van der Waals surface area contributed by atoms with Gasteiger partial charge in [0.15, 0.2) is 12.2 Å². The van der Waals surface area contributed by atoms with Gasteiger partial charge in [-0.1, -0.05) is 49.7 Å². The summed E-state index contributed by atoms with van der Waals surface area (Å²) in [7, 11) is 0. The van der Waals surface area contributed by atoms with Crippen molar-refractivity contribution >= 4 is 11.8 Å². The minimum Gasteiger partial charge on any atom is -0.491 e. The molecule has 36 heavy (non-hydrogen) atoms. The fourth-order valence-corrected chi connectivity index (χ4v) is 4.93. The summed E-state index contributed by atoms with van der Waals surface area (Å²) >= 11 is 0. The van der Waals surface area contributed by atoms with Crippen LogP contribution in [-0.2, 0) is 20.7 Å². The normalized spacial score (nSPS) is 21.2. The number of fused-ring (bicyclic) bond motifs is 1. The molecule has 0 saturated carbocycles. The molecule has 2 heterocycles. The standard InChI is InChI=1S/C29H38N2O5/c1-2-3-17-30-18-20-34-26-15-8-7-11-24(26)12-9-10-16-29(28(30)33)23-31(19-21-36-29)27(32)22-35-25-13-5-4-6-14-25/h4-8,11,13-15H,2-3,9-10,12,16-23H2,1H3. The SMILES string of the molecule is CCCCN1CCOc2ccccc2CCCCC2(CN(C(=O)COc3ccccc3)CCO2)C1=O. The molecule has 2 amide bonds. The number of hydrogen-bond donors (Lipinski definition) is 0. The zero-order valence-corrected chi connectivity index (χ0v) is 21.3. The van der Waals surface area contributed by atoms with E-state index >= 15 is 0 Å². The van der Waals surface area contributed by atoms with Crippen LogP contribution >= 0.6 is 0 Å². The van der Waals surface area contributed by atoms with E-state index in [-0.39, 0.29) is 25.0 Å². The summed E-state index contributed by atoms with van der Waals surface area (Å²) in [5, 5.41) is 0. The van der Waals surface area contributed by atoms with Gasteiger partial charge < -0.3 is 24.0 Å².